The maximum Gasteiger partial charge on any atom is 0.223 e. The molecule has 1 fully saturated rings. The van der Waals surface area contributed by atoms with E-state index in [1.807, 2.05) is 17.6 Å². The summed E-state index contributed by atoms with van der Waals surface area (Å²) in [4.78, 5) is 17.6. The summed E-state index contributed by atoms with van der Waals surface area (Å²) >= 11 is 1.64. The van der Waals surface area contributed by atoms with E-state index in [9.17, 15) is 4.79 Å². The quantitative estimate of drug-likeness (QED) is 0.450. The Morgan fingerprint density at radius 3 is 2.94 bits per heavy atom. The van der Waals surface area contributed by atoms with Crippen LogP contribution in [0, 0.1) is 5.92 Å². The first-order chi connectivity index (χ1) is 15.8. The molecule has 0 saturated carbocycles. The number of hydrogen-bond acceptors (Lipinski definition) is 5. The molecule has 0 bridgehead atoms. The van der Waals surface area contributed by atoms with E-state index < -0.39 is 0 Å². The van der Waals surface area contributed by atoms with E-state index in [1.165, 1.54) is 11.1 Å². The lowest BCUT2D eigenvalue weighted by molar-refractivity contribution is -0.126. The second-order valence-electron chi connectivity index (χ2n) is 8.79. The van der Waals surface area contributed by atoms with Crippen molar-refractivity contribution in [1.29, 1.82) is 0 Å². The summed E-state index contributed by atoms with van der Waals surface area (Å²) in [6.45, 7) is 1.71. The number of nitrogens with one attached hydrogen (secondary N) is 3. The van der Waals surface area contributed by atoms with Gasteiger partial charge in [-0.25, -0.2) is 4.98 Å². The van der Waals surface area contributed by atoms with Crippen molar-refractivity contribution in [2.45, 2.75) is 31.2 Å². The third-order valence-electron chi connectivity index (χ3n) is 6.89. The number of benzene rings is 2. The molecule has 3 N–H and O–H groups in total. The van der Waals surface area contributed by atoms with Crippen molar-refractivity contribution in [3.05, 3.63) is 70.9 Å². The van der Waals surface area contributed by atoms with Crippen LogP contribution in [-0.2, 0) is 17.6 Å². The summed E-state index contributed by atoms with van der Waals surface area (Å²) in [6, 6.07) is 16.9. The van der Waals surface area contributed by atoms with Gasteiger partial charge in [-0.05, 0) is 37.0 Å². The van der Waals surface area contributed by atoms with Crippen LogP contribution in [0.3, 0.4) is 0 Å². The summed E-state index contributed by atoms with van der Waals surface area (Å²) in [5, 5.41) is 14.7. The van der Waals surface area contributed by atoms with Crippen LogP contribution in [0.2, 0.25) is 0 Å². The lowest BCUT2D eigenvalue weighted by atomic mass is 9.84. The van der Waals surface area contributed by atoms with Crippen LogP contribution in [-0.4, -0.2) is 40.2 Å². The highest BCUT2D eigenvalue weighted by atomic mass is 32.1. The van der Waals surface area contributed by atoms with Gasteiger partial charge in [0, 0.05) is 47.8 Å². The normalized spacial score (nSPS) is 22.7. The van der Waals surface area contributed by atoms with Crippen molar-refractivity contribution in [3.8, 4) is 11.3 Å². The van der Waals surface area contributed by atoms with Crippen molar-refractivity contribution in [2.24, 2.45) is 5.92 Å². The number of rotatable bonds is 4. The van der Waals surface area contributed by atoms with Gasteiger partial charge in [0.2, 0.25) is 5.91 Å². The molecule has 1 aliphatic heterocycles. The molecule has 1 aliphatic carbocycles. The third-order valence-corrected chi connectivity index (χ3v) is 7.68. The molecule has 3 heterocycles. The molecular weight excluding hydrogens is 418 g/mol. The van der Waals surface area contributed by atoms with Gasteiger partial charge in [0.25, 0.3) is 0 Å². The maximum atomic E-state index is 13.3. The average Bonchev–Trinajstić information content (AvgIpc) is 3.58. The minimum absolute atomic E-state index is 0.0250. The molecule has 2 aromatic carbocycles. The lowest BCUT2D eigenvalue weighted by Gasteiger charge is -2.26. The van der Waals surface area contributed by atoms with Crippen molar-refractivity contribution in [2.75, 3.05) is 13.1 Å². The number of nitrogens with zero attached hydrogens (tertiary/aromatic N) is 2. The maximum absolute atomic E-state index is 13.3. The molecule has 2 aliphatic rings. The molecule has 0 radical (unpaired) electrons. The lowest BCUT2D eigenvalue weighted by Crippen LogP contribution is -2.43. The van der Waals surface area contributed by atoms with Gasteiger partial charge in [-0.15, -0.1) is 11.3 Å². The van der Waals surface area contributed by atoms with Gasteiger partial charge in [-0.1, -0.05) is 36.4 Å². The Morgan fingerprint density at radius 1 is 1.12 bits per heavy atom. The highest BCUT2D eigenvalue weighted by Crippen LogP contribution is 2.34. The number of aromatic nitrogens is 3. The van der Waals surface area contributed by atoms with Crippen molar-refractivity contribution >= 4 is 27.5 Å². The standard InChI is InChI=1S/C25H25N5OS/c31-25(28-22-13-26-12-19(22)15-4-2-1-3-5-15)17-7-8-20-18(10-17)24(30-29-20)16-6-9-21-23(11-16)32-14-27-21/h1-6,9,11,14,17,19,22,26H,7-8,10,12-13H2,(H,28,31)(H,29,30)/t17-,19-,22+/m0/s1. The van der Waals surface area contributed by atoms with E-state index in [-0.39, 0.29) is 17.9 Å². The third kappa shape index (κ3) is 3.51. The number of aromatic amines is 1. The predicted octanol–water partition coefficient (Wildman–Crippen LogP) is 3.66. The van der Waals surface area contributed by atoms with E-state index in [2.05, 4.69) is 62.2 Å². The van der Waals surface area contributed by atoms with E-state index in [1.54, 1.807) is 11.3 Å². The Morgan fingerprint density at radius 2 is 2.03 bits per heavy atom. The molecule has 6 nitrogen and oxygen atoms in total. The molecule has 0 unspecified atom stereocenters. The van der Waals surface area contributed by atoms with E-state index in [0.29, 0.717) is 5.92 Å². The average molecular weight is 444 g/mol. The molecule has 7 heteroatoms. The second kappa shape index (κ2) is 8.15. The van der Waals surface area contributed by atoms with Crippen LogP contribution >= 0.6 is 11.3 Å². The van der Waals surface area contributed by atoms with Crippen LogP contribution in [0.5, 0.6) is 0 Å². The highest BCUT2D eigenvalue weighted by Gasteiger charge is 2.34. The number of H-pyrrole nitrogens is 1. The first kappa shape index (κ1) is 19.6. The van der Waals surface area contributed by atoms with Crippen LogP contribution < -0.4 is 10.6 Å². The van der Waals surface area contributed by atoms with Crippen molar-refractivity contribution < 1.29 is 4.79 Å². The Balaban J connectivity index is 1.20. The van der Waals surface area contributed by atoms with Gasteiger partial charge in [-0.2, -0.15) is 5.10 Å². The minimum Gasteiger partial charge on any atom is -0.351 e. The van der Waals surface area contributed by atoms with Crippen LogP contribution in [0.15, 0.2) is 54.0 Å². The molecule has 0 spiro atoms. The predicted molar refractivity (Wildman–Crippen MR) is 127 cm³/mol. The Bertz CT molecular complexity index is 1260. The fraction of sp³-hybridized carbons (Fsp3) is 0.320. The van der Waals surface area contributed by atoms with Gasteiger partial charge in [0.15, 0.2) is 0 Å². The van der Waals surface area contributed by atoms with Crippen LogP contribution in [0.1, 0.15) is 29.2 Å². The molecule has 3 atom stereocenters. The molecule has 162 valence electrons. The summed E-state index contributed by atoms with van der Waals surface area (Å²) in [5.74, 6) is 0.452. The Hall–Kier alpha value is -3.03. The zero-order valence-electron chi connectivity index (χ0n) is 17.7. The molecule has 2 aromatic heterocycles. The number of amides is 1. The number of aryl methyl sites for hydroxylation is 1. The van der Waals surface area contributed by atoms with Gasteiger partial charge < -0.3 is 10.6 Å². The largest absolute Gasteiger partial charge is 0.351 e. The fourth-order valence-electron chi connectivity index (χ4n) is 5.14. The zero-order valence-corrected chi connectivity index (χ0v) is 18.5. The Kier molecular flexibility index (Phi) is 5.00. The molecular formula is C25H25N5OS. The van der Waals surface area contributed by atoms with E-state index in [0.717, 1.165) is 59.5 Å². The molecule has 1 amide bonds. The second-order valence-corrected chi connectivity index (χ2v) is 9.68. The highest BCUT2D eigenvalue weighted by molar-refractivity contribution is 7.16. The summed E-state index contributed by atoms with van der Waals surface area (Å²) in [7, 11) is 0. The summed E-state index contributed by atoms with van der Waals surface area (Å²) in [5.41, 5.74) is 8.57. The van der Waals surface area contributed by atoms with Crippen LogP contribution in [0.25, 0.3) is 21.5 Å². The van der Waals surface area contributed by atoms with Gasteiger partial charge in [0.1, 0.15) is 0 Å². The van der Waals surface area contributed by atoms with E-state index >= 15 is 0 Å². The topological polar surface area (TPSA) is 82.7 Å². The molecule has 4 aromatic rings. The van der Waals surface area contributed by atoms with E-state index in [4.69, 9.17) is 0 Å². The van der Waals surface area contributed by atoms with Crippen molar-refractivity contribution in [1.82, 2.24) is 25.8 Å². The zero-order chi connectivity index (χ0) is 21.5. The number of fused-ring (bicyclic) bond motifs is 2. The smallest absolute Gasteiger partial charge is 0.223 e. The summed E-state index contributed by atoms with van der Waals surface area (Å²) < 4.78 is 1.16. The molecule has 32 heavy (non-hydrogen) atoms. The van der Waals surface area contributed by atoms with Gasteiger partial charge in [-0.3, -0.25) is 9.89 Å². The number of carbonyl (C=O) groups excluding carboxylic acids is 1. The molecule has 6 rings (SSSR count). The minimum atomic E-state index is -0.0250. The monoisotopic (exact) mass is 443 g/mol. The van der Waals surface area contributed by atoms with Gasteiger partial charge >= 0.3 is 0 Å². The summed E-state index contributed by atoms with van der Waals surface area (Å²) in [6.07, 6.45) is 2.43. The number of thiazole rings is 1. The van der Waals surface area contributed by atoms with Gasteiger partial charge in [0.05, 0.1) is 21.4 Å². The first-order valence-corrected chi connectivity index (χ1v) is 12.1. The number of carbonyl (C=O) groups is 1. The fourth-order valence-corrected chi connectivity index (χ4v) is 5.86. The molecule has 1 saturated heterocycles. The SMILES string of the molecule is O=C(N[C@@H]1CNC[C@H]1c1ccccc1)[C@H]1CCc2[nH]nc(-c3ccc4ncsc4c3)c2C1. The van der Waals surface area contributed by atoms with Crippen LogP contribution in [0.4, 0.5) is 0 Å². The first-order valence-electron chi connectivity index (χ1n) is 11.2. The Labute approximate surface area is 190 Å². The van der Waals surface area contributed by atoms with Crippen molar-refractivity contribution in [3.63, 3.8) is 0 Å². The number of hydrogen-bond donors (Lipinski definition) is 3.